The highest BCUT2D eigenvalue weighted by Gasteiger charge is 2.45. The lowest BCUT2D eigenvalue weighted by atomic mass is 9.77. The van der Waals surface area contributed by atoms with E-state index in [9.17, 15) is 95.9 Å². The van der Waals surface area contributed by atoms with Crippen LogP contribution in [0.2, 0.25) is 0 Å². The van der Waals surface area contributed by atoms with Gasteiger partial charge in [0.1, 0.15) is 47.0 Å². The van der Waals surface area contributed by atoms with Gasteiger partial charge in [0.15, 0.2) is 17.3 Å². The Kier molecular flexibility index (Phi) is 48.4. The van der Waals surface area contributed by atoms with E-state index in [1.807, 2.05) is 111 Å². The molecule has 27 nitrogen and oxygen atoms in total. The summed E-state index contributed by atoms with van der Waals surface area (Å²) in [6, 6.07) is 6.71. The number of carbonyl (C=O) groups is 20. The summed E-state index contributed by atoms with van der Waals surface area (Å²) in [5.74, 6) is -2.09. The van der Waals surface area contributed by atoms with Crippen LogP contribution in [0.5, 0.6) is 0 Å². The van der Waals surface area contributed by atoms with Gasteiger partial charge in [-0.2, -0.15) is 0 Å². The third-order valence-electron chi connectivity index (χ3n) is 20.5. The highest BCUT2D eigenvalue weighted by Crippen LogP contribution is 2.35. The summed E-state index contributed by atoms with van der Waals surface area (Å²) in [4.78, 5) is 239. The number of benzene rings is 1. The zero-order valence-corrected chi connectivity index (χ0v) is 75.7. The van der Waals surface area contributed by atoms with E-state index >= 15 is 0 Å². The van der Waals surface area contributed by atoms with E-state index in [0.29, 0.717) is 42.5 Å². The number of carbonyl (C=O) groups excluding carboxylic acids is 20. The van der Waals surface area contributed by atoms with E-state index in [4.69, 9.17) is 4.74 Å². The minimum atomic E-state index is -0.523. The minimum Gasteiger partial charge on any atom is -0.379 e. The van der Waals surface area contributed by atoms with Gasteiger partial charge in [-0.1, -0.05) is 166 Å². The number of likely N-dealkylation sites (tertiary alicyclic amines) is 4. The standard InChI is InChI=1S/C20H31NO4S.C17H28N2O5.C16H21NO3.C14H21NO4S.C12H19NO3.C9H16O2/c1-12(2)16(22)11-26-17-9-18(23)21(20(17)25)10-14-5-7-15(8-6-14)19(24)13(3)4;1-11(2)13-9-16(22)19(17(13)23)10-15(21)18-6-8-24-7-5-14(20)12(3)4;1-10(2)14(18)9-15(19)17-13-7-5-12(6-8-13)16(20)11(3)4;1-8(2)10(16)6-15-13(18)5-12(14(15)19)20-7-11(17)9(3)4;1-7(2)9-5-11(15)13(12(9)16)6-10(14)8(3)4;1-6(2)8(10)5-9(11)7(3)4/h12-15,17H,5-11H2,1-4H3;11-13H,5-10H2,1-4H3,(H,18,21);5-8,10-11H,9H2,1-4H3,(H,17,19);8-9,12H,5-7H2,1-4H3;7-9H,5-6H2,1-4H3;6-7H,5H2,1-4H3. The van der Waals surface area contributed by atoms with Gasteiger partial charge in [0.2, 0.25) is 59.1 Å². The molecule has 0 aromatic heterocycles. The largest absolute Gasteiger partial charge is 0.379 e. The molecule has 0 radical (unpaired) electrons. The molecule has 1 saturated carbocycles. The molecule has 6 rings (SSSR count). The number of rotatable bonds is 39. The highest BCUT2D eigenvalue weighted by atomic mass is 32.2. The van der Waals surface area contributed by atoms with E-state index < -0.39 is 10.5 Å². The maximum absolute atomic E-state index is 12.6. The zero-order valence-electron chi connectivity index (χ0n) is 74.0. The fraction of sp³-hybridized carbons (Fsp3) is 0.705. The van der Waals surface area contributed by atoms with Gasteiger partial charge in [0.05, 0.1) is 61.2 Å². The van der Waals surface area contributed by atoms with Crippen LogP contribution in [0.4, 0.5) is 5.69 Å². The second kappa shape index (κ2) is 52.9. The molecule has 29 heteroatoms. The molecule has 4 saturated heterocycles. The van der Waals surface area contributed by atoms with Crippen molar-refractivity contribution in [1.82, 2.24) is 24.9 Å². The lowest BCUT2D eigenvalue weighted by Crippen LogP contribution is -2.41. The molecular weight excluding hydrogens is 1540 g/mol. The van der Waals surface area contributed by atoms with Crippen LogP contribution in [0, 0.1) is 94.7 Å². The summed E-state index contributed by atoms with van der Waals surface area (Å²) in [5, 5.41) is 4.33. The first-order chi connectivity index (χ1) is 54.3. The number of imide groups is 4. The number of nitrogens with zero attached hydrogens (tertiary/aromatic N) is 4. The Morgan fingerprint density at radius 3 is 1.13 bits per heavy atom. The van der Waals surface area contributed by atoms with Crippen LogP contribution in [0.15, 0.2) is 24.3 Å². The number of ketones is 10. The van der Waals surface area contributed by atoms with Gasteiger partial charge in [0.25, 0.3) is 0 Å². The van der Waals surface area contributed by atoms with Gasteiger partial charge < -0.3 is 15.4 Å². The molecule has 4 heterocycles. The lowest BCUT2D eigenvalue weighted by Gasteiger charge is -2.30. The predicted octanol–water partition coefficient (Wildman–Crippen LogP) is 11.3. The van der Waals surface area contributed by atoms with Crippen molar-refractivity contribution in [3.05, 3.63) is 29.8 Å². The van der Waals surface area contributed by atoms with Gasteiger partial charge in [-0.15, -0.1) is 23.5 Å². The topological polar surface area (TPSA) is 388 Å². The van der Waals surface area contributed by atoms with Crippen LogP contribution in [0.1, 0.15) is 247 Å². The minimum absolute atomic E-state index is 0.00139. The van der Waals surface area contributed by atoms with E-state index in [2.05, 4.69) is 10.6 Å². The molecule has 4 atom stereocenters. The van der Waals surface area contributed by atoms with E-state index in [0.717, 1.165) is 40.4 Å². The van der Waals surface area contributed by atoms with Crippen molar-refractivity contribution in [2.45, 2.75) is 247 Å². The first-order valence-electron chi connectivity index (χ1n) is 41.4. The Morgan fingerprint density at radius 2 is 0.752 bits per heavy atom. The van der Waals surface area contributed by atoms with Crippen molar-refractivity contribution in [2.75, 3.05) is 62.8 Å². The van der Waals surface area contributed by atoms with Crippen molar-refractivity contribution in [3.63, 3.8) is 0 Å². The summed E-state index contributed by atoms with van der Waals surface area (Å²) in [6.07, 6.45) is 4.57. The number of ether oxygens (including phenoxy) is 1. The van der Waals surface area contributed by atoms with E-state index in [1.54, 1.807) is 79.7 Å². The van der Waals surface area contributed by atoms with E-state index in [1.165, 1.54) is 28.4 Å². The van der Waals surface area contributed by atoms with Crippen LogP contribution >= 0.6 is 23.5 Å². The van der Waals surface area contributed by atoms with Gasteiger partial charge in [-0.25, -0.2) is 0 Å². The average molecular weight is 1680 g/mol. The van der Waals surface area contributed by atoms with Gasteiger partial charge in [-0.05, 0) is 67.7 Å². The molecule has 5 aliphatic rings. The number of nitrogens with one attached hydrogen (secondary N) is 2. The van der Waals surface area contributed by atoms with Crippen molar-refractivity contribution < 1.29 is 101 Å². The van der Waals surface area contributed by atoms with Gasteiger partial charge >= 0.3 is 0 Å². The van der Waals surface area contributed by atoms with Crippen LogP contribution in [-0.4, -0.2) is 204 Å². The fourth-order valence-corrected chi connectivity index (χ4v) is 14.1. The molecule has 0 spiro atoms. The third kappa shape index (κ3) is 37.9. The quantitative estimate of drug-likeness (QED) is 0.0267. The summed E-state index contributed by atoms with van der Waals surface area (Å²) in [5.41, 5.74) is 1.21. The molecule has 4 unspecified atom stereocenters. The monoisotopic (exact) mass is 1680 g/mol. The number of hydrogen-bond donors (Lipinski definition) is 2. The Bertz CT molecular complexity index is 3620. The SMILES string of the molecule is CC(C)C(=O)CC(=O)C(C)C.CC(C)C(=O)CC(=O)Nc1ccc(C(=O)C(C)C)cc1.CC(C)C(=O)CCOCCNC(=O)CN1C(=O)CC(C(C)C)C1=O.CC(C)C(=O)CN1C(=O)CC(C(C)C)C1=O.CC(C)C(=O)CSC1CC(=O)N(CC(=O)C(C)C)C1=O.CC(C)C(=O)CSC1CC(=O)N(CC2CCC(C(=O)C(C)C)CC2)C1=O. The number of amides is 10. The molecule has 117 heavy (non-hydrogen) atoms. The molecule has 1 aromatic carbocycles. The number of hydrogen-bond acceptors (Lipinski definition) is 23. The van der Waals surface area contributed by atoms with E-state index in [-0.39, 0.29) is 283 Å². The maximum Gasteiger partial charge on any atom is 0.243 e. The van der Waals surface area contributed by atoms with Crippen molar-refractivity contribution >= 4 is 146 Å². The fourth-order valence-electron chi connectivity index (χ4n) is 11.7. The van der Waals surface area contributed by atoms with Crippen LogP contribution < -0.4 is 10.6 Å². The highest BCUT2D eigenvalue weighted by molar-refractivity contribution is 8.01. The first kappa shape index (κ1) is 107. The van der Waals surface area contributed by atoms with Crippen molar-refractivity contribution in [2.24, 2.45) is 94.7 Å². The summed E-state index contributed by atoms with van der Waals surface area (Å²) >= 11 is 2.50. The molecular formula is C88H136N6O21S2. The van der Waals surface area contributed by atoms with Crippen molar-refractivity contribution in [3.8, 4) is 0 Å². The van der Waals surface area contributed by atoms with Gasteiger partial charge in [-0.3, -0.25) is 115 Å². The summed E-state index contributed by atoms with van der Waals surface area (Å²) in [7, 11) is 0. The predicted molar refractivity (Wildman–Crippen MR) is 450 cm³/mol. The normalized spacial score (nSPS) is 18.7. The molecule has 2 N–H and O–H groups in total. The molecule has 656 valence electrons. The van der Waals surface area contributed by atoms with Crippen molar-refractivity contribution in [1.29, 1.82) is 0 Å². The summed E-state index contributed by atoms with van der Waals surface area (Å²) < 4.78 is 5.28. The molecule has 10 amide bonds. The molecule has 1 aliphatic carbocycles. The zero-order chi connectivity index (χ0) is 89.9. The number of anilines is 1. The average Bonchev–Trinajstić information content (AvgIpc) is 1.71. The van der Waals surface area contributed by atoms with Crippen LogP contribution in [0.25, 0.3) is 0 Å². The maximum atomic E-state index is 12.6. The molecule has 4 aliphatic heterocycles. The van der Waals surface area contributed by atoms with Crippen LogP contribution in [0.3, 0.4) is 0 Å². The molecule has 0 bridgehead atoms. The van der Waals surface area contributed by atoms with Gasteiger partial charge in [0, 0.05) is 133 Å². The Labute approximate surface area is 702 Å². The summed E-state index contributed by atoms with van der Waals surface area (Å²) in [6.45, 7) is 44.9. The Morgan fingerprint density at radius 1 is 0.385 bits per heavy atom. The Balaban J connectivity index is 0.000000714. The molecule has 5 fully saturated rings. The number of Topliss-reactive ketones (excluding diaryl/α,β-unsaturated/α-hetero) is 10. The number of thioether (sulfide) groups is 2. The third-order valence-corrected chi connectivity index (χ3v) is 22.9. The lowest BCUT2D eigenvalue weighted by molar-refractivity contribution is -0.144. The first-order valence-corrected chi connectivity index (χ1v) is 43.5. The molecule has 1 aromatic rings. The Hall–Kier alpha value is -7.92. The smallest absolute Gasteiger partial charge is 0.243 e. The van der Waals surface area contributed by atoms with Crippen LogP contribution in [-0.2, 0) is 95.8 Å². The second-order valence-corrected chi connectivity index (χ2v) is 36.7. The second-order valence-electron chi connectivity index (χ2n) is 34.4.